The Morgan fingerprint density at radius 2 is 2.06 bits per heavy atom. The number of anilines is 1. The second-order valence-corrected chi connectivity index (χ2v) is 5.74. The summed E-state index contributed by atoms with van der Waals surface area (Å²) in [6.45, 7) is 0. The molecule has 0 bridgehead atoms. The van der Waals surface area contributed by atoms with Gasteiger partial charge in [0.1, 0.15) is 5.82 Å². The molecule has 1 saturated carbocycles. The second kappa shape index (κ2) is 6.32. The molecule has 1 aromatic rings. The molecule has 2 nitrogen and oxygen atoms in total. The Labute approximate surface area is 115 Å². The average molecular weight is 314 g/mol. The largest absolute Gasteiger partial charge is 0.326 e. The van der Waals surface area contributed by atoms with Crippen molar-refractivity contribution in [1.29, 1.82) is 0 Å². The van der Waals surface area contributed by atoms with E-state index < -0.39 is 0 Å². The van der Waals surface area contributed by atoms with Crippen molar-refractivity contribution in [1.82, 2.24) is 0 Å². The predicted molar refractivity (Wildman–Crippen MR) is 73.9 cm³/mol. The highest BCUT2D eigenvalue weighted by atomic mass is 79.9. The molecule has 0 radical (unpaired) electrons. The third kappa shape index (κ3) is 3.80. The van der Waals surface area contributed by atoms with Crippen LogP contribution in [0.4, 0.5) is 10.1 Å². The molecule has 18 heavy (non-hydrogen) atoms. The predicted octanol–water partition coefficient (Wildman–Crippen LogP) is 4.50. The quantitative estimate of drug-likeness (QED) is 0.874. The van der Waals surface area contributed by atoms with Gasteiger partial charge in [-0.1, -0.05) is 19.3 Å². The number of carbonyl (C=O) groups is 1. The van der Waals surface area contributed by atoms with E-state index in [2.05, 4.69) is 21.2 Å². The maximum absolute atomic E-state index is 13.0. The Bertz CT molecular complexity index is 430. The van der Waals surface area contributed by atoms with Crippen LogP contribution in [0, 0.1) is 11.7 Å². The van der Waals surface area contributed by atoms with E-state index >= 15 is 0 Å². The minimum Gasteiger partial charge on any atom is -0.326 e. The number of carbonyl (C=O) groups excluding carboxylic acids is 1. The summed E-state index contributed by atoms with van der Waals surface area (Å²) in [4.78, 5) is 11.9. The highest BCUT2D eigenvalue weighted by molar-refractivity contribution is 9.10. The number of benzene rings is 1. The lowest BCUT2D eigenvalue weighted by atomic mass is 9.87. The highest BCUT2D eigenvalue weighted by Crippen LogP contribution is 2.27. The van der Waals surface area contributed by atoms with Gasteiger partial charge in [-0.2, -0.15) is 0 Å². The molecule has 0 aliphatic heterocycles. The molecule has 1 aliphatic rings. The van der Waals surface area contributed by atoms with Crippen molar-refractivity contribution < 1.29 is 9.18 Å². The standard InChI is InChI=1S/C14H17BrFNO/c15-12-9-11(6-7-13(12)16)17-14(18)8-10-4-2-1-3-5-10/h6-7,9-10H,1-5,8H2,(H,17,18). The summed E-state index contributed by atoms with van der Waals surface area (Å²) in [5, 5.41) is 2.82. The van der Waals surface area contributed by atoms with E-state index in [0.717, 1.165) is 12.8 Å². The zero-order valence-electron chi connectivity index (χ0n) is 10.2. The highest BCUT2D eigenvalue weighted by Gasteiger charge is 2.17. The van der Waals surface area contributed by atoms with Crippen molar-refractivity contribution in [3.05, 3.63) is 28.5 Å². The van der Waals surface area contributed by atoms with Crippen LogP contribution in [0.2, 0.25) is 0 Å². The molecule has 0 aromatic heterocycles. The van der Waals surface area contributed by atoms with E-state index in [0.29, 0.717) is 22.5 Å². The van der Waals surface area contributed by atoms with Gasteiger partial charge in [0.25, 0.3) is 0 Å². The van der Waals surface area contributed by atoms with Crippen molar-refractivity contribution in [3.63, 3.8) is 0 Å². The van der Waals surface area contributed by atoms with Gasteiger partial charge in [0.2, 0.25) is 5.91 Å². The van der Waals surface area contributed by atoms with Crippen LogP contribution in [-0.2, 0) is 4.79 Å². The zero-order chi connectivity index (χ0) is 13.0. The maximum atomic E-state index is 13.0. The van der Waals surface area contributed by atoms with Crippen molar-refractivity contribution in [2.24, 2.45) is 5.92 Å². The lowest BCUT2D eigenvalue weighted by molar-refractivity contribution is -0.117. The average Bonchev–Trinajstić information content (AvgIpc) is 2.35. The van der Waals surface area contributed by atoms with E-state index in [1.807, 2.05) is 0 Å². The van der Waals surface area contributed by atoms with Crippen LogP contribution < -0.4 is 5.32 Å². The van der Waals surface area contributed by atoms with Gasteiger partial charge in [0.15, 0.2) is 0 Å². The summed E-state index contributed by atoms with van der Waals surface area (Å²) in [5.41, 5.74) is 0.643. The molecule has 98 valence electrons. The third-order valence-corrected chi connectivity index (χ3v) is 4.01. The SMILES string of the molecule is O=C(CC1CCCCC1)Nc1ccc(F)c(Br)c1. The second-order valence-electron chi connectivity index (χ2n) is 4.89. The van der Waals surface area contributed by atoms with Gasteiger partial charge in [-0.25, -0.2) is 4.39 Å². The Morgan fingerprint density at radius 1 is 1.33 bits per heavy atom. The summed E-state index contributed by atoms with van der Waals surface area (Å²) in [6.07, 6.45) is 6.65. The number of nitrogens with one attached hydrogen (secondary N) is 1. The smallest absolute Gasteiger partial charge is 0.224 e. The van der Waals surface area contributed by atoms with Crippen LogP contribution in [0.5, 0.6) is 0 Å². The van der Waals surface area contributed by atoms with E-state index in [1.54, 1.807) is 12.1 Å². The van der Waals surface area contributed by atoms with Crippen LogP contribution in [0.25, 0.3) is 0 Å². The third-order valence-electron chi connectivity index (χ3n) is 3.40. The van der Waals surface area contributed by atoms with Crippen molar-refractivity contribution in [3.8, 4) is 0 Å². The van der Waals surface area contributed by atoms with E-state index in [9.17, 15) is 9.18 Å². The molecular weight excluding hydrogens is 297 g/mol. The molecule has 4 heteroatoms. The fraction of sp³-hybridized carbons (Fsp3) is 0.500. The minimum absolute atomic E-state index is 0.0282. The molecule has 0 spiro atoms. The molecule has 0 atom stereocenters. The van der Waals surface area contributed by atoms with Crippen LogP contribution in [-0.4, -0.2) is 5.91 Å². The van der Waals surface area contributed by atoms with Gasteiger partial charge in [-0.15, -0.1) is 0 Å². The Morgan fingerprint density at radius 3 is 2.72 bits per heavy atom. The molecule has 1 aliphatic carbocycles. The molecule has 0 saturated heterocycles. The van der Waals surface area contributed by atoms with Gasteiger partial charge in [-0.05, 0) is 52.9 Å². The molecule has 1 N–H and O–H groups in total. The summed E-state index contributed by atoms with van der Waals surface area (Å²) in [5.74, 6) is 0.225. The molecule has 1 fully saturated rings. The van der Waals surface area contributed by atoms with Crippen molar-refractivity contribution in [2.45, 2.75) is 38.5 Å². The van der Waals surface area contributed by atoms with E-state index in [4.69, 9.17) is 0 Å². The van der Waals surface area contributed by atoms with Gasteiger partial charge in [-0.3, -0.25) is 4.79 Å². The van der Waals surface area contributed by atoms with Gasteiger partial charge in [0, 0.05) is 12.1 Å². The van der Waals surface area contributed by atoms with Gasteiger partial charge >= 0.3 is 0 Å². The van der Waals surface area contributed by atoms with Crippen molar-refractivity contribution in [2.75, 3.05) is 5.32 Å². The lowest BCUT2D eigenvalue weighted by Gasteiger charge is -2.20. The fourth-order valence-electron chi connectivity index (χ4n) is 2.44. The molecule has 0 unspecified atom stereocenters. The van der Waals surface area contributed by atoms with Crippen LogP contribution in [0.3, 0.4) is 0 Å². The number of hydrogen-bond donors (Lipinski definition) is 1. The first-order chi connectivity index (χ1) is 8.65. The zero-order valence-corrected chi connectivity index (χ0v) is 11.8. The summed E-state index contributed by atoms with van der Waals surface area (Å²) in [7, 11) is 0. The summed E-state index contributed by atoms with van der Waals surface area (Å²) < 4.78 is 13.4. The van der Waals surface area contributed by atoms with E-state index in [-0.39, 0.29) is 11.7 Å². The fourth-order valence-corrected chi connectivity index (χ4v) is 2.82. The topological polar surface area (TPSA) is 29.1 Å². The normalized spacial score (nSPS) is 16.6. The lowest BCUT2D eigenvalue weighted by Crippen LogP contribution is -2.18. The van der Waals surface area contributed by atoms with E-state index in [1.165, 1.54) is 25.3 Å². The number of rotatable bonds is 3. The maximum Gasteiger partial charge on any atom is 0.224 e. The number of amides is 1. The molecule has 1 amide bonds. The van der Waals surface area contributed by atoms with Crippen molar-refractivity contribution >= 4 is 27.5 Å². The molecule has 0 heterocycles. The van der Waals surface area contributed by atoms with Gasteiger partial charge < -0.3 is 5.32 Å². The minimum atomic E-state index is -0.319. The molecular formula is C14H17BrFNO. The van der Waals surface area contributed by atoms with Crippen LogP contribution >= 0.6 is 15.9 Å². The molecule has 2 rings (SSSR count). The monoisotopic (exact) mass is 313 g/mol. The Kier molecular flexibility index (Phi) is 4.75. The Balaban J connectivity index is 1.88. The first-order valence-electron chi connectivity index (χ1n) is 6.40. The van der Waals surface area contributed by atoms with Crippen LogP contribution in [0.1, 0.15) is 38.5 Å². The van der Waals surface area contributed by atoms with Gasteiger partial charge in [0.05, 0.1) is 4.47 Å². The Hall–Kier alpha value is -0.900. The summed E-state index contributed by atoms with van der Waals surface area (Å²) in [6, 6.07) is 4.52. The van der Waals surface area contributed by atoms with Crippen LogP contribution in [0.15, 0.2) is 22.7 Å². The summed E-state index contributed by atoms with van der Waals surface area (Å²) >= 11 is 3.11. The first kappa shape index (κ1) is 13.5. The first-order valence-corrected chi connectivity index (χ1v) is 7.19. The number of hydrogen-bond acceptors (Lipinski definition) is 1. The number of halogens is 2. The molecule has 1 aromatic carbocycles.